The van der Waals surface area contributed by atoms with Crippen LogP contribution in [0, 0.1) is 12.3 Å². The van der Waals surface area contributed by atoms with Crippen molar-refractivity contribution in [3.8, 4) is 0 Å². The first-order chi connectivity index (χ1) is 11.9. The maximum absolute atomic E-state index is 6.30. The van der Waals surface area contributed by atoms with Crippen molar-refractivity contribution in [3.63, 3.8) is 0 Å². The third kappa shape index (κ3) is 2.97. The van der Waals surface area contributed by atoms with Crippen LogP contribution in [0.2, 0.25) is 0 Å². The molecule has 3 aromatic rings. The average molecular weight is 331 g/mol. The van der Waals surface area contributed by atoms with Gasteiger partial charge in [-0.3, -0.25) is 0 Å². The number of dihydropyridines is 1. The number of furan rings is 1. The summed E-state index contributed by atoms with van der Waals surface area (Å²) in [5.74, 6) is 0. The molecule has 0 radical (unpaired) electrons. The predicted octanol–water partition coefficient (Wildman–Crippen LogP) is 6.20. The van der Waals surface area contributed by atoms with Crippen LogP contribution >= 0.6 is 0 Å². The number of aryl methyl sites for hydroxylation is 1. The maximum atomic E-state index is 6.30. The summed E-state index contributed by atoms with van der Waals surface area (Å²) >= 11 is 0. The van der Waals surface area contributed by atoms with Gasteiger partial charge in [-0.05, 0) is 54.3 Å². The molecule has 1 unspecified atom stereocenters. The van der Waals surface area contributed by atoms with E-state index in [0.29, 0.717) is 0 Å². The Morgan fingerprint density at radius 1 is 1.04 bits per heavy atom. The highest BCUT2D eigenvalue weighted by atomic mass is 16.3. The SMILES string of the molecule is Cc1ccc2c(oc3ccc(CC(C)(C)C)cc32)c1C1C=CC=CN1. The van der Waals surface area contributed by atoms with Gasteiger partial charge in [0.05, 0.1) is 6.04 Å². The summed E-state index contributed by atoms with van der Waals surface area (Å²) in [7, 11) is 0. The largest absolute Gasteiger partial charge is 0.456 e. The Kier molecular flexibility index (Phi) is 3.72. The Morgan fingerprint density at radius 3 is 2.60 bits per heavy atom. The number of rotatable bonds is 2. The minimum Gasteiger partial charge on any atom is -0.456 e. The summed E-state index contributed by atoms with van der Waals surface area (Å²) in [5.41, 5.74) is 6.09. The number of hydrogen-bond acceptors (Lipinski definition) is 2. The lowest BCUT2D eigenvalue weighted by Gasteiger charge is -2.18. The molecule has 0 aliphatic carbocycles. The fourth-order valence-corrected chi connectivity index (χ4v) is 3.74. The Bertz CT molecular complexity index is 998. The molecule has 1 N–H and O–H groups in total. The van der Waals surface area contributed by atoms with Gasteiger partial charge < -0.3 is 9.73 Å². The molecule has 1 aromatic heterocycles. The monoisotopic (exact) mass is 331 g/mol. The van der Waals surface area contributed by atoms with E-state index in [-0.39, 0.29) is 11.5 Å². The Balaban J connectivity index is 1.90. The normalized spacial score (nSPS) is 17.4. The van der Waals surface area contributed by atoms with Crippen molar-refractivity contribution in [2.45, 2.75) is 40.2 Å². The van der Waals surface area contributed by atoms with Crippen molar-refractivity contribution in [3.05, 3.63) is 71.5 Å². The molecule has 128 valence electrons. The van der Waals surface area contributed by atoms with Gasteiger partial charge in [0.2, 0.25) is 0 Å². The van der Waals surface area contributed by atoms with Gasteiger partial charge in [-0.1, -0.05) is 51.1 Å². The smallest absolute Gasteiger partial charge is 0.141 e. The molecule has 25 heavy (non-hydrogen) atoms. The van der Waals surface area contributed by atoms with Crippen LogP contribution in [0.15, 0.2) is 59.2 Å². The van der Waals surface area contributed by atoms with Crippen LogP contribution in [0.25, 0.3) is 21.9 Å². The molecule has 2 nitrogen and oxygen atoms in total. The van der Waals surface area contributed by atoms with Crippen molar-refractivity contribution < 1.29 is 4.42 Å². The number of fused-ring (bicyclic) bond motifs is 3. The highest BCUT2D eigenvalue weighted by Gasteiger charge is 2.20. The molecular formula is C23H25NO. The van der Waals surface area contributed by atoms with Gasteiger partial charge in [-0.15, -0.1) is 0 Å². The number of nitrogens with one attached hydrogen (secondary N) is 1. The van der Waals surface area contributed by atoms with Gasteiger partial charge in [-0.25, -0.2) is 0 Å². The zero-order chi connectivity index (χ0) is 17.6. The van der Waals surface area contributed by atoms with Gasteiger partial charge in [0.1, 0.15) is 11.2 Å². The van der Waals surface area contributed by atoms with Gasteiger partial charge in [0, 0.05) is 16.3 Å². The zero-order valence-electron chi connectivity index (χ0n) is 15.4. The highest BCUT2D eigenvalue weighted by molar-refractivity contribution is 6.06. The number of hydrogen-bond donors (Lipinski definition) is 1. The first-order valence-electron chi connectivity index (χ1n) is 8.96. The Labute approximate surface area is 149 Å². The second-order valence-corrected chi connectivity index (χ2v) is 8.23. The third-order valence-corrected chi connectivity index (χ3v) is 4.79. The van der Waals surface area contributed by atoms with Crippen LogP contribution in [0.3, 0.4) is 0 Å². The lowest BCUT2D eigenvalue weighted by molar-refractivity contribution is 0.411. The van der Waals surface area contributed by atoms with E-state index < -0.39 is 0 Å². The van der Waals surface area contributed by atoms with Crippen LogP contribution in [0.5, 0.6) is 0 Å². The molecule has 2 heterocycles. The molecule has 0 saturated heterocycles. The van der Waals surface area contributed by atoms with Crippen molar-refractivity contribution in [1.82, 2.24) is 5.32 Å². The lowest BCUT2D eigenvalue weighted by atomic mass is 9.87. The van der Waals surface area contributed by atoms with Crippen LogP contribution in [0.4, 0.5) is 0 Å². The van der Waals surface area contributed by atoms with E-state index in [1.807, 2.05) is 12.3 Å². The summed E-state index contributed by atoms with van der Waals surface area (Å²) in [6, 6.07) is 11.2. The molecular weight excluding hydrogens is 306 g/mol. The van der Waals surface area contributed by atoms with Gasteiger partial charge >= 0.3 is 0 Å². The number of benzene rings is 2. The van der Waals surface area contributed by atoms with Crippen molar-refractivity contribution in [2.24, 2.45) is 5.41 Å². The minimum atomic E-state index is 0.156. The van der Waals surface area contributed by atoms with Crippen LogP contribution in [-0.2, 0) is 6.42 Å². The second kappa shape index (κ2) is 5.80. The van der Waals surface area contributed by atoms with E-state index >= 15 is 0 Å². The highest BCUT2D eigenvalue weighted by Crippen LogP contribution is 2.37. The van der Waals surface area contributed by atoms with E-state index in [9.17, 15) is 0 Å². The Hall–Kier alpha value is -2.48. The average Bonchev–Trinajstić information content (AvgIpc) is 2.92. The van der Waals surface area contributed by atoms with Crippen LogP contribution < -0.4 is 5.32 Å². The standard InChI is InChI=1S/C23H25NO/c1-15-8-10-17-18-13-16(14-23(2,3)4)9-11-20(18)25-22(17)21(15)19-7-5-6-12-24-19/h5-13,19,24H,14H2,1-4H3. The molecule has 0 bridgehead atoms. The summed E-state index contributed by atoms with van der Waals surface area (Å²) < 4.78 is 6.30. The Morgan fingerprint density at radius 2 is 1.88 bits per heavy atom. The molecule has 0 amide bonds. The maximum Gasteiger partial charge on any atom is 0.141 e. The predicted molar refractivity (Wildman–Crippen MR) is 106 cm³/mol. The molecule has 0 spiro atoms. The molecule has 1 aliphatic rings. The van der Waals surface area contributed by atoms with Crippen molar-refractivity contribution in [2.75, 3.05) is 0 Å². The lowest BCUT2D eigenvalue weighted by Crippen LogP contribution is -2.16. The zero-order valence-corrected chi connectivity index (χ0v) is 15.4. The molecule has 4 rings (SSSR count). The van der Waals surface area contributed by atoms with Crippen LogP contribution in [0.1, 0.15) is 43.5 Å². The fourth-order valence-electron chi connectivity index (χ4n) is 3.74. The van der Waals surface area contributed by atoms with Gasteiger partial charge in [0.15, 0.2) is 0 Å². The van der Waals surface area contributed by atoms with E-state index in [2.05, 4.69) is 75.5 Å². The first kappa shape index (κ1) is 16.0. The van der Waals surface area contributed by atoms with E-state index in [1.54, 1.807) is 0 Å². The molecule has 2 aromatic carbocycles. The van der Waals surface area contributed by atoms with E-state index in [0.717, 1.165) is 17.6 Å². The summed E-state index contributed by atoms with van der Waals surface area (Å²) in [6.45, 7) is 8.99. The second-order valence-electron chi connectivity index (χ2n) is 8.23. The van der Waals surface area contributed by atoms with Gasteiger partial charge in [0.25, 0.3) is 0 Å². The minimum absolute atomic E-state index is 0.156. The number of allylic oxidation sites excluding steroid dienone is 2. The molecule has 0 fully saturated rings. The van der Waals surface area contributed by atoms with Crippen molar-refractivity contribution in [1.29, 1.82) is 0 Å². The summed E-state index contributed by atoms with van der Waals surface area (Å²) in [6.07, 6.45) is 9.34. The fraction of sp³-hybridized carbons (Fsp3) is 0.304. The van der Waals surface area contributed by atoms with Crippen molar-refractivity contribution >= 4 is 21.9 Å². The van der Waals surface area contributed by atoms with Crippen LogP contribution in [-0.4, -0.2) is 0 Å². The van der Waals surface area contributed by atoms with E-state index in [4.69, 9.17) is 4.42 Å². The molecule has 0 saturated carbocycles. The molecule has 2 heteroatoms. The van der Waals surface area contributed by atoms with E-state index in [1.165, 1.54) is 27.5 Å². The topological polar surface area (TPSA) is 25.2 Å². The third-order valence-electron chi connectivity index (χ3n) is 4.79. The quantitative estimate of drug-likeness (QED) is 0.605. The molecule has 1 aliphatic heterocycles. The van der Waals surface area contributed by atoms with Gasteiger partial charge in [-0.2, -0.15) is 0 Å². The molecule has 1 atom stereocenters. The first-order valence-corrected chi connectivity index (χ1v) is 8.96. The summed E-state index contributed by atoms with van der Waals surface area (Å²) in [5, 5.41) is 5.85. The summed E-state index contributed by atoms with van der Waals surface area (Å²) in [4.78, 5) is 0.